The molecule has 0 spiro atoms. The first-order chi connectivity index (χ1) is 66.4. The number of allylic oxidation sites excluding steroid dienone is 6. The number of carbonyl (C=O) groups is 2. The molecule has 10 aromatic carbocycles. The number of halogens is 22. The summed E-state index contributed by atoms with van der Waals surface area (Å²) in [6.07, 6.45) is -4.07. The molecule has 14 nitrogen and oxygen atoms in total. The van der Waals surface area contributed by atoms with E-state index in [-0.39, 0.29) is 45.5 Å². The predicted octanol–water partition coefficient (Wildman–Crippen LogP) is 30.3. The first kappa shape index (κ1) is 115. The van der Waals surface area contributed by atoms with Gasteiger partial charge in [-0.05, 0) is 295 Å². The molecule has 0 saturated carbocycles. The molecule has 2 heterocycles. The zero-order chi connectivity index (χ0) is 107. The fourth-order valence-electron chi connectivity index (χ4n) is 12.5. The maximum atomic E-state index is 13.8. The van der Waals surface area contributed by atoms with E-state index in [1.807, 2.05) is 36.4 Å². The average molecular weight is 1990 g/mol. The highest BCUT2D eigenvalue weighted by Crippen LogP contribution is 2.39. The van der Waals surface area contributed by atoms with E-state index in [9.17, 15) is 102 Å². The summed E-state index contributed by atoms with van der Waals surface area (Å²) in [5.74, 6) is -8.76. The lowest BCUT2D eigenvalue weighted by Crippen LogP contribution is -2.08. The number of rotatable bonds is 14. The van der Waals surface area contributed by atoms with E-state index in [4.69, 9.17) is 63.9 Å². The van der Waals surface area contributed by atoms with Crippen LogP contribution in [0.25, 0.3) is 70.4 Å². The fraction of sp³-hybridized carbons (Fsp3) is 0.151. The Kier molecular flexibility index (Phi) is 42.6. The van der Waals surface area contributed by atoms with Crippen molar-refractivity contribution < 1.29 is 112 Å². The smallest absolute Gasteiger partial charge is 0.419 e. The van der Waals surface area contributed by atoms with Crippen LogP contribution in [0.3, 0.4) is 0 Å². The van der Waals surface area contributed by atoms with Crippen molar-refractivity contribution >= 4 is 94.0 Å². The molecule has 0 unspecified atom stereocenters. The van der Waals surface area contributed by atoms with Gasteiger partial charge in [-0.25, -0.2) is 49.1 Å². The van der Waals surface area contributed by atoms with E-state index < -0.39 is 111 Å². The molecule has 728 valence electrons. The van der Waals surface area contributed by atoms with E-state index >= 15 is 0 Å². The van der Waals surface area contributed by atoms with Crippen molar-refractivity contribution in [2.45, 2.75) is 107 Å². The van der Waals surface area contributed by atoms with Crippen LogP contribution in [-0.2, 0) is 47.4 Å². The number of hydrogen-bond acceptors (Lipinski definition) is 10. The van der Waals surface area contributed by atoms with Crippen molar-refractivity contribution in [3.63, 3.8) is 0 Å². The fourth-order valence-corrected chi connectivity index (χ4v) is 12.7. The lowest BCUT2D eigenvalue weighted by Gasteiger charge is -2.12. The van der Waals surface area contributed by atoms with Gasteiger partial charge in [0.05, 0.1) is 69.2 Å². The Morgan fingerprint density at radius 2 is 0.732 bits per heavy atom. The molecule has 2 aromatic heterocycles. The van der Waals surface area contributed by atoms with Crippen LogP contribution in [0.15, 0.2) is 239 Å². The molecular weight excluding hydrogens is 1910 g/mol. The predicted molar refractivity (Wildman–Crippen MR) is 495 cm³/mol. The zero-order valence-electron chi connectivity index (χ0n) is 76.0. The number of carboxylic acid groups (broad SMARTS) is 2. The summed E-state index contributed by atoms with van der Waals surface area (Å²) in [7, 11) is 0. The molecular formula is C106H76ClF21N10O4. The number of hydrogen-bond donors (Lipinski definition) is 2. The third-order valence-corrected chi connectivity index (χ3v) is 19.2. The molecule has 0 radical (unpaired) electrons. The quantitative estimate of drug-likeness (QED) is 0.0584. The second-order valence-corrected chi connectivity index (χ2v) is 31.0. The highest BCUT2D eigenvalue weighted by molar-refractivity contribution is 6.33. The van der Waals surface area contributed by atoms with Gasteiger partial charge in [0.15, 0.2) is 11.6 Å². The van der Waals surface area contributed by atoms with Crippen LogP contribution >= 0.6 is 11.6 Å². The summed E-state index contributed by atoms with van der Waals surface area (Å²) in [5.41, 5.74) is 5.02. The Bertz CT molecular complexity index is 7240. The second-order valence-electron chi connectivity index (χ2n) is 30.6. The zero-order valence-corrected chi connectivity index (χ0v) is 76.8. The van der Waals surface area contributed by atoms with Gasteiger partial charge in [-0.1, -0.05) is 71.8 Å². The van der Waals surface area contributed by atoms with Gasteiger partial charge >= 0.3 is 36.6 Å². The molecule has 12 rings (SSSR count). The number of alkyl halides is 12. The first-order valence-electron chi connectivity index (χ1n) is 40.7. The van der Waals surface area contributed by atoms with Crippen molar-refractivity contribution in [2.75, 3.05) is 0 Å². The number of carboxylic acids is 2. The van der Waals surface area contributed by atoms with Gasteiger partial charge in [0.2, 0.25) is 0 Å². The number of nitriles is 8. The summed E-state index contributed by atoms with van der Waals surface area (Å²) in [6, 6.07) is 52.2. The third-order valence-electron chi connectivity index (χ3n) is 18.8. The number of benzene rings is 10. The summed E-state index contributed by atoms with van der Waals surface area (Å²) in [5, 5.41) is 87.6. The molecule has 0 aliphatic rings. The number of fused-ring (bicyclic) bond motifs is 2. The minimum atomic E-state index is -4.73. The molecule has 12 aromatic rings. The van der Waals surface area contributed by atoms with Crippen LogP contribution in [0.1, 0.15) is 142 Å². The molecule has 0 bridgehead atoms. The average Bonchev–Trinajstić information content (AvgIpc) is 1.65. The van der Waals surface area contributed by atoms with Gasteiger partial charge in [0.1, 0.15) is 64.0 Å². The van der Waals surface area contributed by atoms with Gasteiger partial charge in [-0.3, -0.25) is 0 Å². The molecule has 36 heteroatoms. The van der Waals surface area contributed by atoms with Gasteiger partial charge < -0.3 is 19.3 Å². The lowest BCUT2D eigenvalue weighted by molar-refractivity contribution is -0.140. The van der Waals surface area contributed by atoms with Gasteiger partial charge in [0.25, 0.3) is 0 Å². The Balaban J connectivity index is 0.000000292. The molecule has 0 fully saturated rings. The lowest BCUT2D eigenvalue weighted by atomic mass is 10.0. The topological polar surface area (TPSA) is 275 Å². The van der Waals surface area contributed by atoms with Gasteiger partial charge in [-0.2, -0.15) is 94.8 Å². The van der Waals surface area contributed by atoms with E-state index in [0.29, 0.717) is 107 Å². The molecule has 0 amide bonds. The standard InChI is InChI=1S/C21H14F4N2O2.C20H14F2N2O2.C12H10F3N.C11H7ClF3N.C11H7F4N.C11H10FN.2C10H7F2N/c1-12-4-13(6-16(5-12)21(23,24)25)10-27-11-15(7-14(9-26)20(28)29)18-3-2-17(22)8-19(18)27;1-12-4-13(6-17(22)5-12)10-24-11-15(7-14(9-23)20(25)26)18-8-16(21)2-3-19(18)24;1-8-3-10(4-9(2)7-16)6-11(5-8)12(13,14)15;1-7(6-16)5-8-3-2-4-9(10(8)12)11(13,14)15;1-7(6-16)4-8-2-3-10(12)9(5-8)11(13,14)15;1-8(7-13)5-10-4-3-9(2)11(12)6-10;1-7(6-13)4-8-2-3-9(11)5-10(8)12;1-7(6-13)4-8-2-3-9(11)10(12)5-8/h2-8,11H,10H2,1H3,(H,28,29);2-8,11H,10H2,1H3,(H,25,26);3-6H,1-2H3;2*2-5H,1H3;3-6H,1-2H3;2*2-5H,1H3/b2*14-7+;9-4-;7-5-;7-4-;8-5-;2*7-4-. The van der Waals surface area contributed by atoms with Crippen LogP contribution < -0.4 is 0 Å². The Hall–Kier alpha value is -17.1. The van der Waals surface area contributed by atoms with Crippen molar-refractivity contribution in [1.29, 1.82) is 42.1 Å². The molecule has 0 saturated heterocycles. The largest absolute Gasteiger partial charge is 0.477 e. The highest BCUT2D eigenvalue weighted by Gasteiger charge is 2.36. The number of aryl methyl sites for hydroxylation is 4. The number of nitrogens with zero attached hydrogens (tertiary/aromatic N) is 10. The van der Waals surface area contributed by atoms with Crippen molar-refractivity contribution in [1.82, 2.24) is 9.13 Å². The Labute approximate surface area is 805 Å². The van der Waals surface area contributed by atoms with Gasteiger partial charge in [-0.15, -0.1) is 0 Å². The van der Waals surface area contributed by atoms with E-state index in [2.05, 4.69) is 0 Å². The normalized spacial score (nSPS) is 11.8. The van der Waals surface area contributed by atoms with Crippen molar-refractivity contribution in [2.24, 2.45) is 0 Å². The van der Waals surface area contributed by atoms with Crippen LogP contribution in [0.2, 0.25) is 5.02 Å². The van der Waals surface area contributed by atoms with E-state index in [1.54, 1.807) is 121 Å². The summed E-state index contributed by atoms with van der Waals surface area (Å²) in [4.78, 5) is 22.2. The number of aliphatic carboxylic acids is 2. The molecule has 0 atom stereocenters. The van der Waals surface area contributed by atoms with Crippen LogP contribution in [0, 0.1) is 171 Å². The minimum Gasteiger partial charge on any atom is -0.477 e. The number of aromatic nitrogens is 2. The molecule has 2 N–H and O–H groups in total. The Morgan fingerprint density at radius 1 is 0.324 bits per heavy atom. The maximum absolute atomic E-state index is 13.8. The van der Waals surface area contributed by atoms with E-state index in [1.165, 1.54) is 140 Å². The van der Waals surface area contributed by atoms with Crippen molar-refractivity contribution in [3.05, 3.63) is 396 Å². The van der Waals surface area contributed by atoms with Crippen LogP contribution in [0.5, 0.6) is 0 Å². The van der Waals surface area contributed by atoms with Crippen LogP contribution in [-0.4, -0.2) is 31.3 Å². The summed E-state index contributed by atoms with van der Waals surface area (Å²) >= 11 is 5.62. The highest BCUT2D eigenvalue weighted by atomic mass is 35.5. The second kappa shape index (κ2) is 52.4. The summed E-state index contributed by atoms with van der Waals surface area (Å²) < 4.78 is 272. The third kappa shape index (κ3) is 36.7. The molecule has 0 aliphatic carbocycles. The first-order valence-corrected chi connectivity index (χ1v) is 41.0. The summed E-state index contributed by atoms with van der Waals surface area (Å²) in [6.45, 7) is 16.3. The molecule has 142 heavy (non-hydrogen) atoms. The molecule has 0 aliphatic heterocycles. The van der Waals surface area contributed by atoms with E-state index in [0.717, 1.165) is 83.4 Å². The maximum Gasteiger partial charge on any atom is 0.419 e. The van der Waals surface area contributed by atoms with Crippen LogP contribution in [0.4, 0.5) is 92.2 Å². The van der Waals surface area contributed by atoms with Gasteiger partial charge in [0, 0.05) is 98.0 Å². The SMILES string of the molecule is C/C(C#N)=C/c1cc(C)cc(C(F)(F)F)c1.C/C(C#N)=C/c1ccc(C)c(F)c1.C/C(C#N)=C/c1ccc(F)c(C(F)(F)F)c1.C/C(C#N)=C/c1ccc(F)c(F)c1.C/C(C#N)=C/c1ccc(F)cc1F.C/C(C#N)=C/c1cccc(C(F)(F)F)c1Cl.Cc1cc(Cn2cc(/C=C(\C#N)C(=O)O)c3ccc(F)cc32)cc(C(F)(F)F)c1.Cc1cc(F)cc(Cn2cc(/C=C(\C#N)C(=O)O)c3cc(F)ccc32)c1. The Morgan fingerprint density at radius 3 is 1.20 bits per heavy atom. The monoisotopic (exact) mass is 1990 g/mol. The minimum absolute atomic E-state index is 0.00745. The van der Waals surface area contributed by atoms with Crippen molar-refractivity contribution in [3.8, 4) is 48.6 Å².